The van der Waals surface area contributed by atoms with E-state index in [2.05, 4.69) is 16.5 Å². The van der Waals surface area contributed by atoms with E-state index < -0.39 is 17.5 Å². The van der Waals surface area contributed by atoms with Crippen LogP contribution in [0.3, 0.4) is 0 Å². The number of aryl methyl sites for hydroxylation is 2. The Hall–Kier alpha value is -3.10. The SMILES string of the molecule is CC1CCCc2ncc(C(=O)N3[C@@H]4CCC[C@H]3c3nn(C)c(-c5cc(F)c(F)c(F)c5)c3C4)n21. The van der Waals surface area contributed by atoms with Gasteiger partial charge < -0.3 is 9.47 Å². The molecule has 9 heteroatoms. The largest absolute Gasteiger partial charge is 0.325 e. The smallest absolute Gasteiger partial charge is 0.272 e. The zero-order chi connectivity index (χ0) is 23.7. The van der Waals surface area contributed by atoms with Crippen LogP contribution in [0.2, 0.25) is 0 Å². The van der Waals surface area contributed by atoms with Crippen molar-refractivity contribution >= 4 is 5.91 Å². The third-order valence-electron chi connectivity index (χ3n) is 7.72. The van der Waals surface area contributed by atoms with Gasteiger partial charge in [-0.15, -0.1) is 0 Å². The first kappa shape index (κ1) is 21.4. The molecule has 1 unspecified atom stereocenters. The summed E-state index contributed by atoms with van der Waals surface area (Å²) in [5, 5.41) is 4.71. The summed E-state index contributed by atoms with van der Waals surface area (Å²) >= 11 is 0. The highest BCUT2D eigenvalue weighted by molar-refractivity contribution is 5.93. The van der Waals surface area contributed by atoms with E-state index in [0.717, 1.165) is 67.7 Å². The molecule has 3 aliphatic rings. The minimum absolute atomic E-state index is 0.0288. The fourth-order valence-corrected chi connectivity index (χ4v) is 6.25. The van der Waals surface area contributed by atoms with Gasteiger partial charge in [-0.1, -0.05) is 0 Å². The molecule has 3 aromatic rings. The number of fused-ring (bicyclic) bond motifs is 5. The molecular formula is C25H26F3N5O. The Morgan fingerprint density at radius 1 is 1.09 bits per heavy atom. The predicted octanol–water partition coefficient (Wildman–Crippen LogP) is 4.89. The van der Waals surface area contributed by atoms with Gasteiger partial charge in [0.2, 0.25) is 0 Å². The number of benzene rings is 1. The van der Waals surface area contributed by atoms with Crippen molar-refractivity contribution in [2.24, 2.45) is 7.05 Å². The summed E-state index contributed by atoms with van der Waals surface area (Å²) in [7, 11) is 1.72. The van der Waals surface area contributed by atoms with Crippen molar-refractivity contribution in [1.82, 2.24) is 24.2 Å². The average molecular weight is 470 g/mol. The summed E-state index contributed by atoms with van der Waals surface area (Å²) in [6.07, 6.45) is 7.82. The molecule has 6 nitrogen and oxygen atoms in total. The molecule has 0 N–H and O–H groups in total. The second-order valence-corrected chi connectivity index (χ2v) is 9.78. The van der Waals surface area contributed by atoms with Crippen molar-refractivity contribution in [3.05, 3.63) is 58.6 Å². The molecule has 6 rings (SSSR count). The number of carbonyl (C=O) groups is 1. The van der Waals surface area contributed by atoms with Crippen molar-refractivity contribution in [1.29, 1.82) is 0 Å². The van der Waals surface area contributed by atoms with Gasteiger partial charge >= 0.3 is 0 Å². The standard InChI is InChI=1S/C25H26F3N5O/c1-13-5-3-8-21-29-12-20(32(13)21)25(34)33-15-6-4-7-19(33)23-16(11-15)24(31(2)30-23)14-9-17(26)22(28)18(27)10-14/h9-10,12-13,15,19H,3-8,11H2,1-2H3/t13?,15-,19+/m1/s1. The van der Waals surface area contributed by atoms with Crippen molar-refractivity contribution in [2.75, 3.05) is 0 Å². The Morgan fingerprint density at radius 3 is 2.62 bits per heavy atom. The van der Waals surface area contributed by atoms with Gasteiger partial charge in [-0.05, 0) is 57.6 Å². The van der Waals surface area contributed by atoms with Gasteiger partial charge in [-0.2, -0.15) is 5.10 Å². The lowest BCUT2D eigenvalue weighted by Crippen LogP contribution is -2.50. The van der Waals surface area contributed by atoms with E-state index in [0.29, 0.717) is 17.8 Å². The average Bonchev–Trinajstić information content (AvgIpc) is 3.38. The number of halogens is 3. The molecule has 5 heterocycles. The Kier molecular flexibility index (Phi) is 4.86. The maximum atomic E-state index is 14.0. The number of rotatable bonds is 2. The molecule has 1 amide bonds. The quantitative estimate of drug-likeness (QED) is 0.502. The normalized spacial score (nSPS) is 23.6. The van der Waals surface area contributed by atoms with Crippen molar-refractivity contribution in [2.45, 2.75) is 70.0 Å². The Balaban J connectivity index is 1.42. The maximum absolute atomic E-state index is 14.0. The predicted molar refractivity (Wildman–Crippen MR) is 119 cm³/mol. The van der Waals surface area contributed by atoms with E-state index in [-0.39, 0.29) is 29.6 Å². The first-order chi connectivity index (χ1) is 16.3. The summed E-state index contributed by atoms with van der Waals surface area (Å²) in [5.74, 6) is -2.99. The van der Waals surface area contributed by atoms with Gasteiger partial charge in [0, 0.05) is 36.7 Å². The molecule has 1 saturated heterocycles. The summed E-state index contributed by atoms with van der Waals surface area (Å²) in [5.41, 5.74) is 3.10. The number of carbonyl (C=O) groups excluding carboxylic acids is 1. The van der Waals surface area contributed by atoms with Crippen LogP contribution < -0.4 is 0 Å². The van der Waals surface area contributed by atoms with Crippen LogP contribution in [0.15, 0.2) is 18.3 Å². The van der Waals surface area contributed by atoms with Gasteiger partial charge in [0.25, 0.3) is 5.91 Å². The molecule has 3 aliphatic heterocycles. The molecule has 178 valence electrons. The van der Waals surface area contributed by atoms with Crippen LogP contribution in [0.1, 0.15) is 78.7 Å². The van der Waals surface area contributed by atoms with E-state index in [1.807, 2.05) is 4.90 Å². The monoisotopic (exact) mass is 469 g/mol. The molecule has 1 fully saturated rings. The van der Waals surface area contributed by atoms with Crippen LogP contribution in [0.4, 0.5) is 13.2 Å². The van der Waals surface area contributed by atoms with Gasteiger partial charge in [0.15, 0.2) is 17.5 Å². The van der Waals surface area contributed by atoms with Crippen LogP contribution in [0.25, 0.3) is 11.3 Å². The lowest BCUT2D eigenvalue weighted by Gasteiger charge is -2.45. The topological polar surface area (TPSA) is 56.0 Å². The van der Waals surface area contributed by atoms with E-state index >= 15 is 0 Å². The van der Waals surface area contributed by atoms with E-state index in [1.165, 1.54) is 0 Å². The summed E-state index contributed by atoms with van der Waals surface area (Å²) in [6, 6.07) is 2.01. The molecule has 34 heavy (non-hydrogen) atoms. The molecule has 1 aromatic carbocycles. The molecular weight excluding hydrogens is 443 g/mol. The maximum Gasteiger partial charge on any atom is 0.272 e. The first-order valence-corrected chi connectivity index (χ1v) is 11.9. The third kappa shape index (κ3) is 3.05. The number of amides is 1. The highest BCUT2D eigenvalue weighted by Gasteiger charge is 2.44. The highest BCUT2D eigenvalue weighted by Crippen LogP contribution is 2.45. The van der Waals surface area contributed by atoms with E-state index in [9.17, 15) is 18.0 Å². The van der Waals surface area contributed by atoms with E-state index in [4.69, 9.17) is 5.10 Å². The number of imidazole rings is 1. The number of piperidine rings is 1. The van der Waals surface area contributed by atoms with Gasteiger partial charge in [0.1, 0.15) is 11.5 Å². The highest BCUT2D eigenvalue weighted by atomic mass is 19.2. The first-order valence-electron chi connectivity index (χ1n) is 11.9. The molecule has 3 atom stereocenters. The molecule has 0 radical (unpaired) electrons. The van der Waals surface area contributed by atoms with Crippen LogP contribution in [-0.4, -0.2) is 36.2 Å². The minimum atomic E-state index is -1.48. The van der Waals surface area contributed by atoms with E-state index in [1.54, 1.807) is 17.9 Å². The third-order valence-corrected chi connectivity index (χ3v) is 7.72. The van der Waals surface area contributed by atoms with Crippen LogP contribution in [0.5, 0.6) is 0 Å². The summed E-state index contributed by atoms with van der Waals surface area (Å²) < 4.78 is 45.3. The second kappa shape index (κ2) is 7.71. The van der Waals surface area contributed by atoms with Crippen LogP contribution >= 0.6 is 0 Å². The van der Waals surface area contributed by atoms with Crippen LogP contribution in [0, 0.1) is 17.5 Å². The Morgan fingerprint density at radius 2 is 1.85 bits per heavy atom. The minimum Gasteiger partial charge on any atom is -0.325 e. The fraction of sp³-hybridized carbons (Fsp3) is 0.480. The molecule has 0 spiro atoms. The lowest BCUT2D eigenvalue weighted by molar-refractivity contribution is 0.0378. The van der Waals surface area contributed by atoms with Crippen molar-refractivity contribution in [3.63, 3.8) is 0 Å². The molecule has 0 saturated carbocycles. The van der Waals surface area contributed by atoms with Crippen LogP contribution in [-0.2, 0) is 19.9 Å². The number of aromatic nitrogens is 4. The molecule has 0 aliphatic carbocycles. The number of nitrogens with zero attached hydrogens (tertiary/aromatic N) is 5. The Labute approximate surface area is 195 Å². The lowest BCUT2D eigenvalue weighted by atomic mass is 9.81. The molecule has 2 aromatic heterocycles. The van der Waals surface area contributed by atoms with Crippen molar-refractivity contribution < 1.29 is 18.0 Å². The summed E-state index contributed by atoms with van der Waals surface area (Å²) in [6.45, 7) is 2.13. The summed E-state index contributed by atoms with van der Waals surface area (Å²) in [4.78, 5) is 20.4. The second-order valence-electron chi connectivity index (χ2n) is 9.78. The van der Waals surface area contributed by atoms with Gasteiger partial charge in [-0.25, -0.2) is 18.2 Å². The molecule has 2 bridgehead atoms. The fourth-order valence-electron chi connectivity index (χ4n) is 6.25. The zero-order valence-electron chi connectivity index (χ0n) is 19.2. The van der Waals surface area contributed by atoms with Gasteiger partial charge in [-0.3, -0.25) is 9.48 Å². The number of hydrogen-bond acceptors (Lipinski definition) is 3. The van der Waals surface area contributed by atoms with Gasteiger partial charge in [0.05, 0.1) is 23.6 Å². The Bertz CT molecular complexity index is 1290. The zero-order valence-corrected chi connectivity index (χ0v) is 19.2. The van der Waals surface area contributed by atoms with Crippen molar-refractivity contribution in [3.8, 4) is 11.3 Å². The number of hydrogen-bond donors (Lipinski definition) is 0.